The van der Waals surface area contributed by atoms with Crippen LogP contribution in [0.4, 0.5) is 0 Å². The van der Waals surface area contributed by atoms with Crippen molar-refractivity contribution in [1.29, 1.82) is 0 Å². The lowest BCUT2D eigenvalue weighted by atomic mass is 10.0. The number of amides is 1. The van der Waals surface area contributed by atoms with Crippen LogP contribution < -0.4 is 5.32 Å². The minimum Gasteiger partial charge on any atom is -0.505 e. The SMILES string of the molecule is O=C(N[C@@H](Cc1ccccc1)CN1CCCC1)c1c(O)cnc2ccccc12. The van der Waals surface area contributed by atoms with E-state index in [-0.39, 0.29) is 17.7 Å². The van der Waals surface area contributed by atoms with Gasteiger partial charge in [-0.15, -0.1) is 0 Å². The van der Waals surface area contributed by atoms with E-state index >= 15 is 0 Å². The molecule has 1 aliphatic heterocycles. The van der Waals surface area contributed by atoms with Gasteiger partial charge in [0.1, 0.15) is 5.75 Å². The molecule has 0 bridgehead atoms. The first-order valence-electron chi connectivity index (χ1n) is 9.84. The number of likely N-dealkylation sites (tertiary alicyclic amines) is 1. The van der Waals surface area contributed by atoms with Crippen LogP contribution in [0.5, 0.6) is 5.75 Å². The molecule has 4 rings (SSSR count). The van der Waals surface area contributed by atoms with Crippen LogP contribution in [0.15, 0.2) is 60.8 Å². The molecule has 2 heterocycles. The Balaban J connectivity index is 1.59. The van der Waals surface area contributed by atoms with Gasteiger partial charge in [0.2, 0.25) is 0 Å². The molecule has 1 atom stereocenters. The minimum absolute atomic E-state index is 0.0284. The summed E-state index contributed by atoms with van der Waals surface area (Å²) in [5.41, 5.74) is 2.19. The molecule has 2 N–H and O–H groups in total. The maximum atomic E-state index is 13.1. The van der Waals surface area contributed by atoms with Crippen LogP contribution in [0.25, 0.3) is 10.9 Å². The van der Waals surface area contributed by atoms with Gasteiger partial charge in [-0.2, -0.15) is 0 Å². The number of pyridine rings is 1. The Morgan fingerprint density at radius 2 is 1.79 bits per heavy atom. The molecule has 0 unspecified atom stereocenters. The van der Waals surface area contributed by atoms with E-state index in [4.69, 9.17) is 0 Å². The predicted octanol–water partition coefficient (Wildman–Crippen LogP) is 3.38. The lowest BCUT2D eigenvalue weighted by molar-refractivity contribution is 0.0926. The van der Waals surface area contributed by atoms with Gasteiger partial charge in [0.25, 0.3) is 5.91 Å². The van der Waals surface area contributed by atoms with E-state index < -0.39 is 0 Å². The van der Waals surface area contributed by atoms with E-state index in [0.29, 0.717) is 16.5 Å². The predicted molar refractivity (Wildman–Crippen MR) is 110 cm³/mol. The first kappa shape index (κ1) is 18.4. The maximum absolute atomic E-state index is 13.1. The summed E-state index contributed by atoms with van der Waals surface area (Å²) in [6.45, 7) is 2.96. The van der Waals surface area contributed by atoms with E-state index in [2.05, 4.69) is 27.3 Å². The summed E-state index contributed by atoms with van der Waals surface area (Å²) in [5, 5.41) is 14.2. The summed E-state index contributed by atoms with van der Waals surface area (Å²) in [4.78, 5) is 19.8. The van der Waals surface area contributed by atoms with E-state index in [0.717, 1.165) is 26.1 Å². The number of rotatable bonds is 6. The van der Waals surface area contributed by atoms with E-state index in [1.807, 2.05) is 42.5 Å². The van der Waals surface area contributed by atoms with Crippen molar-refractivity contribution in [1.82, 2.24) is 15.2 Å². The van der Waals surface area contributed by atoms with Gasteiger partial charge in [-0.3, -0.25) is 9.78 Å². The summed E-state index contributed by atoms with van der Waals surface area (Å²) in [6.07, 6.45) is 4.53. The van der Waals surface area contributed by atoms with Crippen LogP contribution in [0, 0.1) is 0 Å². The van der Waals surface area contributed by atoms with Crippen LogP contribution in [0.2, 0.25) is 0 Å². The molecule has 5 nitrogen and oxygen atoms in total. The summed E-state index contributed by atoms with van der Waals surface area (Å²) >= 11 is 0. The topological polar surface area (TPSA) is 65.5 Å². The molecule has 1 fully saturated rings. The lowest BCUT2D eigenvalue weighted by Gasteiger charge is -2.25. The van der Waals surface area contributed by atoms with Gasteiger partial charge < -0.3 is 15.3 Å². The zero-order valence-electron chi connectivity index (χ0n) is 15.8. The highest BCUT2D eigenvalue weighted by Crippen LogP contribution is 2.25. The molecule has 144 valence electrons. The highest BCUT2D eigenvalue weighted by Gasteiger charge is 2.23. The Morgan fingerprint density at radius 3 is 2.57 bits per heavy atom. The molecule has 5 heteroatoms. The Bertz CT molecular complexity index is 952. The number of benzene rings is 2. The second-order valence-corrected chi connectivity index (χ2v) is 7.40. The third kappa shape index (κ3) is 4.15. The lowest BCUT2D eigenvalue weighted by Crippen LogP contribution is -2.44. The van der Waals surface area contributed by atoms with Gasteiger partial charge in [-0.05, 0) is 44.0 Å². The molecule has 28 heavy (non-hydrogen) atoms. The zero-order chi connectivity index (χ0) is 19.3. The maximum Gasteiger partial charge on any atom is 0.256 e. The number of carbonyl (C=O) groups is 1. The molecule has 1 saturated heterocycles. The average molecular weight is 375 g/mol. The molecule has 3 aromatic rings. The second-order valence-electron chi connectivity index (χ2n) is 7.40. The normalized spacial score (nSPS) is 15.6. The standard InChI is InChI=1S/C23H25N3O2/c27-21-15-24-20-11-5-4-10-19(20)22(21)23(28)25-18(16-26-12-6-7-13-26)14-17-8-2-1-3-9-17/h1-5,8-11,15,18,27H,6-7,12-14,16H2,(H,25,28)/t18-/m0/s1. The number of carbonyl (C=O) groups excluding carboxylic acids is 1. The van der Waals surface area contributed by atoms with Crippen molar-refractivity contribution < 1.29 is 9.90 Å². The monoisotopic (exact) mass is 375 g/mol. The minimum atomic E-state index is -0.253. The molecule has 1 aliphatic rings. The van der Waals surface area contributed by atoms with Crippen molar-refractivity contribution in [2.24, 2.45) is 0 Å². The van der Waals surface area contributed by atoms with Crippen LogP contribution >= 0.6 is 0 Å². The van der Waals surface area contributed by atoms with Crippen molar-refractivity contribution in [2.45, 2.75) is 25.3 Å². The quantitative estimate of drug-likeness (QED) is 0.693. The van der Waals surface area contributed by atoms with Gasteiger partial charge in [-0.25, -0.2) is 0 Å². The Kier molecular flexibility index (Phi) is 5.53. The summed E-state index contributed by atoms with van der Waals surface area (Å²) in [7, 11) is 0. The summed E-state index contributed by atoms with van der Waals surface area (Å²) in [5.74, 6) is -0.341. The fraction of sp³-hybridized carbons (Fsp3) is 0.304. The number of nitrogens with one attached hydrogen (secondary N) is 1. The van der Waals surface area contributed by atoms with E-state index in [1.54, 1.807) is 0 Å². The Morgan fingerprint density at radius 1 is 1.07 bits per heavy atom. The van der Waals surface area contributed by atoms with E-state index in [1.165, 1.54) is 24.6 Å². The number of hydrogen-bond donors (Lipinski definition) is 2. The average Bonchev–Trinajstić information content (AvgIpc) is 3.21. The van der Waals surface area contributed by atoms with Gasteiger partial charge in [-0.1, -0.05) is 48.5 Å². The number of para-hydroxylation sites is 1. The third-order valence-corrected chi connectivity index (χ3v) is 5.32. The van der Waals surface area contributed by atoms with Gasteiger partial charge in [0, 0.05) is 18.0 Å². The van der Waals surface area contributed by atoms with Crippen LogP contribution in [-0.4, -0.2) is 46.6 Å². The molecule has 0 saturated carbocycles. The molecule has 1 aromatic heterocycles. The number of nitrogens with zero attached hydrogens (tertiary/aromatic N) is 2. The highest BCUT2D eigenvalue weighted by atomic mass is 16.3. The van der Waals surface area contributed by atoms with Crippen LogP contribution in [0.3, 0.4) is 0 Å². The fourth-order valence-corrected chi connectivity index (χ4v) is 3.96. The fourth-order valence-electron chi connectivity index (χ4n) is 3.96. The van der Waals surface area contributed by atoms with Gasteiger partial charge in [0.15, 0.2) is 0 Å². The molecule has 0 spiro atoms. The molecule has 0 aliphatic carbocycles. The van der Waals surface area contributed by atoms with Crippen molar-refractivity contribution in [3.05, 3.63) is 71.9 Å². The van der Waals surface area contributed by atoms with E-state index in [9.17, 15) is 9.90 Å². The number of aromatic hydroxyl groups is 1. The van der Waals surface area contributed by atoms with Crippen LogP contribution in [-0.2, 0) is 6.42 Å². The number of hydrogen-bond acceptors (Lipinski definition) is 4. The van der Waals surface area contributed by atoms with Gasteiger partial charge >= 0.3 is 0 Å². The smallest absolute Gasteiger partial charge is 0.256 e. The molecule has 1 amide bonds. The molecular formula is C23H25N3O2. The Labute approximate surface area is 165 Å². The molecular weight excluding hydrogens is 350 g/mol. The zero-order valence-corrected chi connectivity index (χ0v) is 15.8. The first-order chi connectivity index (χ1) is 13.7. The molecule has 0 radical (unpaired) electrons. The van der Waals surface area contributed by atoms with Crippen molar-refractivity contribution >= 4 is 16.8 Å². The van der Waals surface area contributed by atoms with Crippen LogP contribution in [0.1, 0.15) is 28.8 Å². The number of fused-ring (bicyclic) bond motifs is 1. The highest BCUT2D eigenvalue weighted by molar-refractivity contribution is 6.08. The van der Waals surface area contributed by atoms with Gasteiger partial charge in [0.05, 0.1) is 17.3 Å². The second kappa shape index (κ2) is 8.40. The largest absolute Gasteiger partial charge is 0.505 e. The third-order valence-electron chi connectivity index (χ3n) is 5.32. The number of aromatic nitrogens is 1. The molecule has 2 aromatic carbocycles. The van der Waals surface area contributed by atoms with Crippen molar-refractivity contribution in [2.75, 3.05) is 19.6 Å². The summed E-state index contributed by atoms with van der Waals surface area (Å²) < 4.78 is 0. The first-order valence-corrected chi connectivity index (χ1v) is 9.84. The van der Waals surface area contributed by atoms with Crippen molar-refractivity contribution in [3.63, 3.8) is 0 Å². The van der Waals surface area contributed by atoms with Crippen molar-refractivity contribution in [3.8, 4) is 5.75 Å². The summed E-state index contributed by atoms with van der Waals surface area (Å²) in [6, 6.07) is 17.6. The Hall–Kier alpha value is -2.92.